The molecule has 0 fully saturated rings. The van der Waals surface area contributed by atoms with Crippen molar-refractivity contribution in [3.8, 4) is 0 Å². The summed E-state index contributed by atoms with van der Waals surface area (Å²) in [6.07, 6.45) is 0. The van der Waals surface area contributed by atoms with Crippen molar-refractivity contribution >= 4 is 39.8 Å². The summed E-state index contributed by atoms with van der Waals surface area (Å²) in [5.74, 6) is -5.48. The van der Waals surface area contributed by atoms with Crippen LogP contribution in [0.25, 0.3) is 0 Å². The van der Waals surface area contributed by atoms with Crippen LogP contribution in [-0.4, -0.2) is 55.7 Å². The molecular weight excluding hydrogens is 370 g/mol. The van der Waals surface area contributed by atoms with Crippen molar-refractivity contribution in [1.29, 1.82) is 0 Å². The fourth-order valence-corrected chi connectivity index (χ4v) is 2.54. The van der Waals surface area contributed by atoms with Crippen molar-refractivity contribution < 1.29 is 31.9 Å². The van der Waals surface area contributed by atoms with E-state index < -0.39 is 38.4 Å². The number of hydrogen-bond donors (Lipinski definition) is 2. The molecule has 0 bridgehead atoms. The van der Waals surface area contributed by atoms with Gasteiger partial charge in [-0.2, -0.15) is 8.78 Å². The quantitative estimate of drug-likeness (QED) is 0.735. The molecule has 0 aromatic heterocycles. The molecule has 0 heterocycles. The fourth-order valence-electron chi connectivity index (χ4n) is 1.66. The number of rotatable bonds is 7. The number of carboxylic acids is 1. The van der Waals surface area contributed by atoms with Gasteiger partial charge in [0.25, 0.3) is 0 Å². The van der Waals surface area contributed by atoms with Crippen LogP contribution in [0.3, 0.4) is 0 Å². The topological polar surface area (TPSA) is 104 Å². The van der Waals surface area contributed by atoms with Gasteiger partial charge in [0.1, 0.15) is 6.04 Å². The van der Waals surface area contributed by atoms with Crippen LogP contribution >= 0.6 is 12.4 Å². The first-order chi connectivity index (χ1) is 10.6. The monoisotopic (exact) mass is 386 g/mol. The molecule has 136 valence electrons. The molecule has 2 N–H and O–H groups in total. The third-order valence-electron chi connectivity index (χ3n) is 3.11. The van der Waals surface area contributed by atoms with Crippen molar-refractivity contribution in [2.45, 2.75) is 23.6 Å². The average molecular weight is 387 g/mol. The Kier molecular flexibility index (Phi) is 8.24. The van der Waals surface area contributed by atoms with Gasteiger partial charge in [-0.05, 0) is 26.1 Å². The summed E-state index contributed by atoms with van der Waals surface area (Å²) in [5, 5.41) is 11.0. The highest BCUT2D eigenvalue weighted by molar-refractivity contribution is 7.91. The lowest BCUT2D eigenvalue weighted by Gasteiger charge is -2.20. The van der Waals surface area contributed by atoms with Gasteiger partial charge in [0.2, 0.25) is 15.7 Å². The number of aliphatic carboxylic acids is 1. The molecule has 0 radical (unpaired) electrons. The number of anilines is 1. The van der Waals surface area contributed by atoms with E-state index in [1.54, 1.807) is 0 Å². The number of nitrogens with one attached hydrogen (secondary N) is 1. The van der Waals surface area contributed by atoms with Crippen LogP contribution in [0, 0.1) is 0 Å². The van der Waals surface area contributed by atoms with E-state index in [4.69, 9.17) is 5.11 Å². The lowest BCUT2D eigenvalue weighted by atomic mass is 10.3. The number of carboxylic acid groups (broad SMARTS) is 1. The number of likely N-dealkylation sites (N-methyl/N-ethyl adjacent to an activating group) is 1. The smallest absolute Gasteiger partial charge is 0.341 e. The number of alkyl halides is 2. The van der Waals surface area contributed by atoms with Crippen LogP contribution in [0.15, 0.2) is 29.2 Å². The predicted octanol–water partition coefficient (Wildman–Crippen LogP) is 1.45. The number of carbonyl (C=O) groups is 2. The van der Waals surface area contributed by atoms with Gasteiger partial charge in [0, 0.05) is 0 Å². The number of hydrogen-bond acceptors (Lipinski definition) is 5. The molecule has 0 aliphatic carbocycles. The maximum atomic E-state index is 12.6. The number of nitrogens with zero attached hydrogens (tertiary/aromatic N) is 1. The Balaban J connectivity index is 0.00000529. The molecule has 1 aromatic rings. The molecule has 0 aliphatic rings. The Morgan fingerprint density at radius 1 is 1.29 bits per heavy atom. The summed E-state index contributed by atoms with van der Waals surface area (Å²) in [5.41, 5.74) is -0.283. The predicted molar refractivity (Wildman–Crippen MR) is 85.2 cm³/mol. The van der Waals surface area contributed by atoms with Crippen molar-refractivity contribution in [2.24, 2.45) is 0 Å². The van der Waals surface area contributed by atoms with Crippen molar-refractivity contribution in [1.82, 2.24) is 4.90 Å². The van der Waals surface area contributed by atoms with Crippen LogP contribution in [-0.2, 0) is 19.4 Å². The first-order valence-corrected chi connectivity index (χ1v) is 7.96. The van der Waals surface area contributed by atoms with E-state index in [2.05, 4.69) is 5.32 Å². The minimum absolute atomic E-state index is 0. The molecule has 7 nitrogen and oxygen atoms in total. The molecule has 0 saturated carbocycles. The Labute approximate surface area is 144 Å². The van der Waals surface area contributed by atoms with E-state index in [0.29, 0.717) is 0 Å². The van der Waals surface area contributed by atoms with Gasteiger partial charge < -0.3 is 10.4 Å². The van der Waals surface area contributed by atoms with Gasteiger partial charge in [-0.25, -0.2) is 8.42 Å². The lowest BCUT2D eigenvalue weighted by Crippen LogP contribution is -2.40. The van der Waals surface area contributed by atoms with Crippen LogP contribution in [0.4, 0.5) is 14.5 Å². The van der Waals surface area contributed by atoms with Crippen LogP contribution < -0.4 is 5.32 Å². The number of amides is 1. The molecular formula is C13H17ClF2N2O5S. The number of para-hydroxylation sites is 1. The van der Waals surface area contributed by atoms with E-state index >= 15 is 0 Å². The van der Waals surface area contributed by atoms with E-state index in [0.717, 1.165) is 6.07 Å². The van der Waals surface area contributed by atoms with Gasteiger partial charge in [0.15, 0.2) is 0 Å². The first kappa shape index (κ1) is 22.2. The van der Waals surface area contributed by atoms with Crippen molar-refractivity contribution in [3.05, 3.63) is 24.3 Å². The molecule has 0 saturated heterocycles. The van der Waals surface area contributed by atoms with Crippen LogP contribution in [0.1, 0.15) is 6.92 Å². The van der Waals surface area contributed by atoms with Gasteiger partial charge in [-0.1, -0.05) is 12.1 Å². The molecule has 0 aliphatic heterocycles. The normalized spacial score (nSPS) is 12.6. The molecule has 0 spiro atoms. The van der Waals surface area contributed by atoms with E-state index in [9.17, 15) is 26.8 Å². The second-order valence-electron chi connectivity index (χ2n) is 4.78. The summed E-state index contributed by atoms with van der Waals surface area (Å²) in [7, 11) is -3.48. The Bertz CT molecular complexity index is 699. The minimum atomic E-state index is -4.87. The summed E-state index contributed by atoms with van der Waals surface area (Å²) in [6, 6.07) is 3.82. The van der Waals surface area contributed by atoms with E-state index in [-0.39, 0.29) is 24.6 Å². The maximum absolute atomic E-state index is 12.6. The van der Waals surface area contributed by atoms with Gasteiger partial charge in [-0.3, -0.25) is 14.5 Å². The molecule has 1 unspecified atom stereocenters. The molecule has 1 rings (SSSR count). The molecule has 1 amide bonds. The van der Waals surface area contributed by atoms with E-state index in [1.807, 2.05) is 0 Å². The summed E-state index contributed by atoms with van der Waals surface area (Å²) < 4.78 is 48.4. The summed E-state index contributed by atoms with van der Waals surface area (Å²) >= 11 is 0. The van der Waals surface area contributed by atoms with Crippen molar-refractivity contribution in [3.63, 3.8) is 0 Å². The third kappa shape index (κ3) is 5.39. The van der Waals surface area contributed by atoms with Gasteiger partial charge >= 0.3 is 11.7 Å². The minimum Gasteiger partial charge on any atom is -0.480 e. The van der Waals surface area contributed by atoms with Gasteiger partial charge in [-0.15, -0.1) is 12.4 Å². The van der Waals surface area contributed by atoms with Gasteiger partial charge in [0.05, 0.1) is 17.1 Å². The Hall–Kier alpha value is -1.78. The standard InChI is InChI=1S/C13H16F2N2O5S.ClH/c1-8(12(19)20)17(2)7-11(18)16-9-5-3-4-6-10(9)23(21,22)13(14)15;/h3-6,8,13H,7H2,1-2H3,(H,16,18)(H,19,20);1H. The highest BCUT2D eigenvalue weighted by atomic mass is 35.5. The summed E-state index contributed by atoms with van der Waals surface area (Å²) in [6.45, 7) is 1.02. The third-order valence-corrected chi connectivity index (χ3v) is 4.55. The Morgan fingerprint density at radius 3 is 2.33 bits per heavy atom. The first-order valence-electron chi connectivity index (χ1n) is 6.41. The second kappa shape index (κ2) is 8.90. The largest absolute Gasteiger partial charge is 0.480 e. The number of carbonyl (C=O) groups excluding carboxylic acids is 1. The Morgan fingerprint density at radius 2 is 1.83 bits per heavy atom. The van der Waals surface area contributed by atoms with Crippen LogP contribution in [0.5, 0.6) is 0 Å². The highest BCUT2D eigenvalue weighted by Crippen LogP contribution is 2.26. The van der Waals surface area contributed by atoms with Crippen LogP contribution in [0.2, 0.25) is 0 Å². The maximum Gasteiger partial charge on any atom is 0.341 e. The highest BCUT2D eigenvalue weighted by Gasteiger charge is 2.29. The zero-order valence-corrected chi connectivity index (χ0v) is 14.4. The zero-order valence-electron chi connectivity index (χ0n) is 12.8. The molecule has 1 atom stereocenters. The SMILES string of the molecule is CC(C(=O)O)N(C)CC(=O)Nc1ccccc1S(=O)(=O)C(F)F.Cl. The fraction of sp³-hybridized carbons (Fsp3) is 0.385. The zero-order chi connectivity index (χ0) is 17.8. The number of sulfone groups is 1. The molecule has 11 heteroatoms. The van der Waals surface area contributed by atoms with Crippen molar-refractivity contribution in [2.75, 3.05) is 18.9 Å². The average Bonchev–Trinajstić information content (AvgIpc) is 2.46. The lowest BCUT2D eigenvalue weighted by molar-refractivity contribution is -0.142. The molecule has 1 aromatic carbocycles. The number of halogens is 3. The second-order valence-corrected chi connectivity index (χ2v) is 6.67. The molecule has 24 heavy (non-hydrogen) atoms. The number of benzene rings is 1. The van der Waals surface area contributed by atoms with E-state index in [1.165, 1.54) is 37.1 Å². The summed E-state index contributed by atoms with van der Waals surface area (Å²) in [4.78, 5) is 23.2.